The van der Waals surface area contributed by atoms with Crippen LogP contribution < -0.4 is 0 Å². The van der Waals surface area contributed by atoms with E-state index in [-0.39, 0.29) is 23.1 Å². The summed E-state index contributed by atoms with van der Waals surface area (Å²) in [4.78, 5) is 0. The van der Waals surface area contributed by atoms with E-state index in [2.05, 4.69) is 32.0 Å². The van der Waals surface area contributed by atoms with Crippen molar-refractivity contribution in [1.29, 1.82) is 0 Å². The fourth-order valence-electron chi connectivity index (χ4n) is 0.887. The fourth-order valence-corrected chi connectivity index (χ4v) is 1.05. The molecule has 1 rings (SSSR count). The van der Waals surface area contributed by atoms with E-state index in [1.807, 2.05) is 0 Å². The first-order valence-corrected chi connectivity index (χ1v) is 3.89. The zero-order valence-corrected chi connectivity index (χ0v) is 7.07. The quantitative estimate of drug-likeness (QED) is 0.459. The van der Waals surface area contributed by atoms with Crippen LogP contribution in [-0.2, 0) is 5.88 Å². The molecule has 0 fully saturated rings. The zero-order chi connectivity index (χ0) is 7.56. The molecule has 0 aliphatic rings. The first-order valence-electron chi connectivity index (χ1n) is 3.36. The Bertz CT molecular complexity index is 233. The van der Waals surface area contributed by atoms with Gasteiger partial charge in [0, 0.05) is 5.88 Å². The number of alkyl halides is 1. The van der Waals surface area contributed by atoms with E-state index in [0.29, 0.717) is 5.88 Å². The SMILES string of the molecule is Cc1ccc(CCl)cc1C.[MgH2]. The molecule has 0 aromatic heterocycles. The molecule has 0 atom stereocenters. The van der Waals surface area contributed by atoms with Gasteiger partial charge in [-0.15, -0.1) is 11.6 Å². The molecule has 2 heteroatoms. The molecule has 0 spiro atoms. The maximum atomic E-state index is 5.65. The summed E-state index contributed by atoms with van der Waals surface area (Å²) >= 11 is 5.65. The van der Waals surface area contributed by atoms with Crippen LogP contribution in [0, 0.1) is 13.8 Å². The topological polar surface area (TPSA) is 0 Å². The molecule has 0 nitrogen and oxygen atoms in total. The molecule has 1 aromatic rings. The number of rotatable bonds is 1. The largest absolute Gasteiger partial charge is 0.316 e. The van der Waals surface area contributed by atoms with Crippen molar-refractivity contribution >= 4 is 34.7 Å². The molecule has 0 amide bonds. The van der Waals surface area contributed by atoms with Gasteiger partial charge in [-0.3, -0.25) is 0 Å². The lowest BCUT2D eigenvalue weighted by Gasteiger charge is -2.00. The Labute approximate surface area is 89.1 Å². The third-order valence-corrected chi connectivity index (χ3v) is 2.03. The lowest BCUT2D eigenvalue weighted by atomic mass is 10.1. The number of hydrogen-bond donors (Lipinski definition) is 0. The predicted molar refractivity (Wildman–Crippen MR) is 54.0 cm³/mol. The Kier molecular flexibility index (Phi) is 5.14. The van der Waals surface area contributed by atoms with E-state index < -0.39 is 0 Å². The molecule has 58 valence electrons. The van der Waals surface area contributed by atoms with Crippen LogP contribution in [0.3, 0.4) is 0 Å². The molecule has 0 N–H and O–H groups in total. The molecule has 0 saturated heterocycles. The van der Waals surface area contributed by atoms with E-state index in [9.17, 15) is 0 Å². The molecule has 0 aliphatic carbocycles. The minimum absolute atomic E-state index is 0. The Balaban J connectivity index is 0.000001000. The first kappa shape index (κ1) is 11.3. The van der Waals surface area contributed by atoms with Crippen molar-refractivity contribution in [3.05, 3.63) is 34.9 Å². The van der Waals surface area contributed by atoms with Crippen molar-refractivity contribution in [2.24, 2.45) is 0 Å². The number of hydrogen-bond acceptors (Lipinski definition) is 0. The highest BCUT2D eigenvalue weighted by atomic mass is 35.5. The van der Waals surface area contributed by atoms with Gasteiger partial charge in [-0.1, -0.05) is 18.2 Å². The van der Waals surface area contributed by atoms with E-state index in [1.54, 1.807) is 0 Å². The second-order valence-corrected chi connectivity index (χ2v) is 2.82. The van der Waals surface area contributed by atoms with Gasteiger partial charge in [0.25, 0.3) is 0 Å². The monoisotopic (exact) mass is 180 g/mol. The second kappa shape index (κ2) is 5.02. The molecular weight excluding hydrogens is 168 g/mol. The molecule has 0 bridgehead atoms. The third kappa shape index (κ3) is 3.02. The summed E-state index contributed by atoms with van der Waals surface area (Å²) in [6, 6.07) is 6.30. The van der Waals surface area contributed by atoms with Crippen LogP contribution in [0.5, 0.6) is 0 Å². The van der Waals surface area contributed by atoms with E-state index in [1.165, 1.54) is 16.7 Å². The van der Waals surface area contributed by atoms with Crippen molar-refractivity contribution in [1.82, 2.24) is 0 Å². The fraction of sp³-hybridized carbons (Fsp3) is 0.333. The van der Waals surface area contributed by atoms with Gasteiger partial charge in [-0.25, -0.2) is 0 Å². The van der Waals surface area contributed by atoms with E-state index in [4.69, 9.17) is 11.6 Å². The van der Waals surface area contributed by atoms with Gasteiger partial charge in [-0.2, -0.15) is 0 Å². The van der Waals surface area contributed by atoms with Crippen LogP contribution >= 0.6 is 11.6 Å². The summed E-state index contributed by atoms with van der Waals surface area (Å²) in [6.07, 6.45) is 0. The maximum absolute atomic E-state index is 5.65. The van der Waals surface area contributed by atoms with E-state index in [0.717, 1.165) is 0 Å². The van der Waals surface area contributed by atoms with Crippen molar-refractivity contribution in [3.8, 4) is 0 Å². The van der Waals surface area contributed by atoms with Gasteiger partial charge < -0.3 is 0 Å². The molecule has 0 heterocycles. The second-order valence-electron chi connectivity index (χ2n) is 2.55. The Hall–Kier alpha value is 0.276. The van der Waals surface area contributed by atoms with E-state index >= 15 is 0 Å². The number of benzene rings is 1. The van der Waals surface area contributed by atoms with Crippen LogP contribution in [0.1, 0.15) is 16.7 Å². The van der Waals surface area contributed by atoms with Gasteiger partial charge in [0.2, 0.25) is 0 Å². The van der Waals surface area contributed by atoms with Gasteiger partial charge in [-0.05, 0) is 30.5 Å². The molecule has 0 saturated carbocycles. The number of aryl methyl sites for hydroxylation is 2. The van der Waals surface area contributed by atoms with Crippen molar-refractivity contribution in [3.63, 3.8) is 0 Å². The third-order valence-electron chi connectivity index (χ3n) is 1.73. The minimum atomic E-state index is 0. The van der Waals surface area contributed by atoms with Crippen LogP contribution in [0.4, 0.5) is 0 Å². The lowest BCUT2D eigenvalue weighted by Crippen LogP contribution is -1.83. The highest BCUT2D eigenvalue weighted by Crippen LogP contribution is 2.10. The summed E-state index contributed by atoms with van der Waals surface area (Å²) < 4.78 is 0. The summed E-state index contributed by atoms with van der Waals surface area (Å²) in [5.74, 6) is 0.612. The zero-order valence-electron chi connectivity index (χ0n) is 6.32. The Morgan fingerprint density at radius 3 is 2.27 bits per heavy atom. The van der Waals surface area contributed by atoms with Gasteiger partial charge in [0.05, 0.1) is 0 Å². The molecular formula is C9H13ClMg. The summed E-state index contributed by atoms with van der Waals surface area (Å²) in [6.45, 7) is 4.21. The molecule has 1 aromatic carbocycles. The summed E-state index contributed by atoms with van der Waals surface area (Å²) in [5.41, 5.74) is 3.84. The molecule has 11 heavy (non-hydrogen) atoms. The standard InChI is InChI=1S/C9H11Cl.Mg.2H/c1-7-3-4-9(6-10)5-8(7)2;;;/h3-5H,6H2,1-2H3;;;. The summed E-state index contributed by atoms with van der Waals surface area (Å²) in [5, 5.41) is 0. The minimum Gasteiger partial charge on any atom is -0.122 e. The molecule has 0 unspecified atom stereocenters. The van der Waals surface area contributed by atoms with Gasteiger partial charge in [0.1, 0.15) is 0 Å². The van der Waals surface area contributed by atoms with Crippen LogP contribution in [0.15, 0.2) is 18.2 Å². The average Bonchev–Trinajstić information content (AvgIpc) is 1.95. The van der Waals surface area contributed by atoms with Crippen LogP contribution in [0.2, 0.25) is 0 Å². The smallest absolute Gasteiger partial charge is 0.122 e. The summed E-state index contributed by atoms with van der Waals surface area (Å²) in [7, 11) is 0. The average molecular weight is 181 g/mol. The van der Waals surface area contributed by atoms with Gasteiger partial charge >= 0.3 is 23.1 Å². The van der Waals surface area contributed by atoms with Gasteiger partial charge in [0.15, 0.2) is 0 Å². The highest BCUT2D eigenvalue weighted by Gasteiger charge is 1.92. The van der Waals surface area contributed by atoms with Crippen molar-refractivity contribution < 1.29 is 0 Å². The number of halogens is 1. The normalized spacial score (nSPS) is 9.00. The first-order chi connectivity index (χ1) is 4.74. The Morgan fingerprint density at radius 2 is 1.82 bits per heavy atom. The van der Waals surface area contributed by atoms with Crippen LogP contribution in [-0.4, -0.2) is 23.1 Å². The van der Waals surface area contributed by atoms with Crippen LogP contribution in [0.25, 0.3) is 0 Å². The van der Waals surface area contributed by atoms with Crippen molar-refractivity contribution in [2.75, 3.05) is 0 Å². The molecule has 0 radical (unpaired) electrons. The lowest BCUT2D eigenvalue weighted by molar-refractivity contribution is 1.28. The highest BCUT2D eigenvalue weighted by molar-refractivity contribution is 6.17. The Morgan fingerprint density at radius 1 is 1.18 bits per heavy atom. The van der Waals surface area contributed by atoms with Crippen molar-refractivity contribution in [2.45, 2.75) is 19.7 Å². The molecule has 0 aliphatic heterocycles. The predicted octanol–water partition coefficient (Wildman–Crippen LogP) is 2.13. The maximum Gasteiger partial charge on any atom is 0.316 e.